The molecule has 0 saturated heterocycles. The van der Waals surface area contributed by atoms with Gasteiger partial charge in [-0.05, 0) is 43.7 Å². The molecular formula is C22H32N4O2. The molecule has 0 bridgehead atoms. The summed E-state index contributed by atoms with van der Waals surface area (Å²) in [6.07, 6.45) is 7.91. The smallest absolute Gasteiger partial charge is 0.226 e. The van der Waals surface area contributed by atoms with E-state index in [1.54, 1.807) is 20.4 Å². The van der Waals surface area contributed by atoms with Gasteiger partial charge >= 0.3 is 0 Å². The van der Waals surface area contributed by atoms with E-state index >= 15 is 0 Å². The molecule has 0 atom stereocenters. The lowest BCUT2D eigenvalue weighted by molar-refractivity contribution is 0.138. The van der Waals surface area contributed by atoms with Crippen molar-refractivity contribution < 1.29 is 9.15 Å². The molecule has 1 aromatic carbocycles. The summed E-state index contributed by atoms with van der Waals surface area (Å²) in [7, 11) is 3.58. The number of ether oxygens (including phenoxy) is 1. The summed E-state index contributed by atoms with van der Waals surface area (Å²) in [6, 6.07) is 8.18. The largest absolute Gasteiger partial charge is 0.444 e. The Hall–Kier alpha value is -2.34. The van der Waals surface area contributed by atoms with E-state index in [4.69, 9.17) is 9.15 Å². The summed E-state index contributed by atoms with van der Waals surface area (Å²) in [6.45, 7) is 4.37. The number of aryl methyl sites for hydroxylation is 1. The van der Waals surface area contributed by atoms with E-state index in [0.717, 1.165) is 36.8 Å². The molecule has 0 spiro atoms. The SMILES string of the molecule is CN=C(NCc1coc(-c2ccc(C)cc2)n1)NCC1(CCOC)CCCC1. The summed E-state index contributed by atoms with van der Waals surface area (Å²) in [5.41, 5.74) is 3.38. The first kappa shape index (κ1) is 20.4. The van der Waals surface area contributed by atoms with Crippen molar-refractivity contribution in [2.75, 3.05) is 27.3 Å². The van der Waals surface area contributed by atoms with E-state index in [0.29, 0.717) is 17.9 Å². The number of aromatic nitrogens is 1. The van der Waals surface area contributed by atoms with Crippen LogP contribution in [0.4, 0.5) is 0 Å². The molecule has 1 heterocycles. The van der Waals surface area contributed by atoms with Gasteiger partial charge in [-0.2, -0.15) is 0 Å². The van der Waals surface area contributed by atoms with E-state index in [2.05, 4.69) is 39.7 Å². The lowest BCUT2D eigenvalue weighted by Gasteiger charge is -2.29. The number of hydrogen-bond acceptors (Lipinski definition) is 4. The molecule has 152 valence electrons. The van der Waals surface area contributed by atoms with Crippen LogP contribution in [0.25, 0.3) is 11.5 Å². The van der Waals surface area contributed by atoms with Gasteiger partial charge in [0.25, 0.3) is 0 Å². The van der Waals surface area contributed by atoms with E-state index in [-0.39, 0.29) is 0 Å². The summed E-state index contributed by atoms with van der Waals surface area (Å²) >= 11 is 0. The predicted molar refractivity (Wildman–Crippen MR) is 112 cm³/mol. The fourth-order valence-corrected chi connectivity index (χ4v) is 3.84. The monoisotopic (exact) mass is 384 g/mol. The van der Waals surface area contributed by atoms with Crippen molar-refractivity contribution in [1.29, 1.82) is 0 Å². The Morgan fingerprint density at radius 2 is 1.96 bits per heavy atom. The molecule has 2 N–H and O–H groups in total. The van der Waals surface area contributed by atoms with Crippen molar-refractivity contribution >= 4 is 5.96 Å². The third-order valence-corrected chi connectivity index (χ3v) is 5.64. The van der Waals surface area contributed by atoms with Crippen molar-refractivity contribution in [2.45, 2.75) is 45.6 Å². The Bertz CT molecular complexity index is 761. The standard InChI is InChI=1S/C22H32N4O2/c1-17-6-8-18(9-7-17)20-26-19(15-28-20)14-24-21(23-2)25-16-22(12-13-27-3)10-4-5-11-22/h6-9,15H,4-5,10-14,16H2,1-3H3,(H2,23,24,25). The fraction of sp³-hybridized carbons (Fsp3) is 0.545. The highest BCUT2D eigenvalue weighted by Crippen LogP contribution is 2.40. The molecule has 2 aromatic rings. The molecular weight excluding hydrogens is 352 g/mol. The molecule has 3 rings (SSSR count). The van der Waals surface area contributed by atoms with E-state index in [1.807, 2.05) is 12.1 Å². The number of methoxy groups -OCH3 is 1. The van der Waals surface area contributed by atoms with Crippen molar-refractivity contribution in [3.8, 4) is 11.5 Å². The number of hydrogen-bond donors (Lipinski definition) is 2. The van der Waals surface area contributed by atoms with E-state index < -0.39 is 0 Å². The molecule has 0 unspecified atom stereocenters. The summed E-state index contributed by atoms with van der Waals surface area (Å²) < 4.78 is 11.0. The topological polar surface area (TPSA) is 71.7 Å². The van der Waals surface area contributed by atoms with Gasteiger partial charge in [0.1, 0.15) is 6.26 Å². The zero-order valence-corrected chi connectivity index (χ0v) is 17.3. The molecule has 0 aliphatic heterocycles. The first-order chi connectivity index (χ1) is 13.6. The average molecular weight is 385 g/mol. The molecule has 0 amide bonds. The number of rotatable bonds is 8. The molecule has 6 nitrogen and oxygen atoms in total. The highest BCUT2D eigenvalue weighted by atomic mass is 16.5. The van der Waals surface area contributed by atoms with Crippen molar-refractivity contribution in [3.05, 3.63) is 41.8 Å². The van der Waals surface area contributed by atoms with Crippen LogP contribution >= 0.6 is 0 Å². The van der Waals surface area contributed by atoms with Gasteiger partial charge in [0, 0.05) is 32.9 Å². The number of nitrogens with one attached hydrogen (secondary N) is 2. The molecule has 0 radical (unpaired) electrons. The second kappa shape index (κ2) is 9.73. The zero-order chi connectivity index (χ0) is 19.8. The van der Waals surface area contributed by atoms with Crippen LogP contribution in [0, 0.1) is 12.3 Å². The lowest BCUT2D eigenvalue weighted by atomic mass is 9.83. The van der Waals surface area contributed by atoms with Gasteiger partial charge in [-0.3, -0.25) is 4.99 Å². The maximum Gasteiger partial charge on any atom is 0.226 e. The van der Waals surface area contributed by atoms with Gasteiger partial charge < -0.3 is 19.8 Å². The molecule has 1 aliphatic carbocycles. The molecule has 6 heteroatoms. The average Bonchev–Trinajstić information content (AvgIpc) is 3.37. The van der Waals surface area contributed by atoms with Crippen molar-refractivity contribution in [3.63, 3.8) is 0 Å². The van der Waals surface area contributed by atoms with Crippen LogP contribution in [0.1, 0.15) is 43.4 Å². The van der Waals surface area contributed by atoms with Gasteiger partial charge in [0.15, 0.2) is 5.96 Å². The Balaban J connectivity index is 1.52. The van der Waals surface area contributed by atoms with Crippen LogP contribution in [0.3, 0.4) is 0 Å². The maximum absolute atomic E-state index is 5.63. The molecule has 28 heavy (non-hydrogen) atoms. The molecule has 1 aromatic heterocycles. The highest BCUT2D eigenvalue weighted by Gasteiger charge is 2.33. The van der Waals surface area contributed by atoms with Gasteiger partial charge in [0.05, 0.1) is 12.2 Å². The molecule has 1 saturated carbocycles. The lowest BCUT2D eigenvalue weighted by Crippen LogP contribution is -2.43. The number of benzene rings is 1. The number of aliphatic imine (C=N–C) groups is 1. The van der Waals surface area contributed by atoms with Gasteiger partial charge in [-0.25, -0.2) is 4.98 Å². The molecule has 1 aliphatic rings. The fourth-order valence-electron chi connectivity index (χ4n) is 3.84. The van der Waals surface area contributed by atoms with Gasteiger partial charge in [-0.15, -0.1) is 0 Å². The highest BCUT2D eigenvalue weighted by molar-refractivity contribution is 5.79. The third kappa shape index (κ3) is 5.35. The van der Waals surface area contributed by atoms with Crippen LogP contribution in [0.15, 0.2) is 39.9 Å². The minimum absolute atomic E-state index is 0.320. The second-order valence-corrected chi connectivity index (χ2v) is 7.74. The van der Waals surface area contributed by atoms with Crippen molar-refractivity contribution in [1.82, 2.24) is 15.6 Å². The normalized spacial score (nSPS) is 16.3. The predicted octanol–water partition coefficient (Wildman–Crippen LogP) is 3.91. The van der Waals surface area contributed by atoms with E-state index in [9.17, 15) is 0 Å². The molecule has 1 fully saturated rings. The summed E-state index contributed by atoms with van der Waals surface area (Å²) in [5.74, 6) is 1.44. The quantitative estimate of drug-likeness (QED) is 0.533. The van der Waals surface area contributed by atoms with Crippen LogP contribution in [-0.4, -0.2) is 38.3 Å². The Kier molecular flexibility index (Phi) is 7.09. The van der Waals surface area contributed by atoms with E-state index in [1.165, 1.54) is 31.2 Å². The minimum Gasteiger partial charge on any atom is -0.444 e. The minimum atomic E-state index is 0.320. The number of nitrogens with zero attached hydrogens (tertiary/aromatic N) is 2. The van der Waals surface area contributed by atoms with Crippen LogP contribution in [0.5, 0.6) is 0 Å². The van der Waals surface area contributed by atoms with Crippen LogP contribution in [-0.2, 0) is 11.3 Å². The van der Waals surface area contributed by atoms with Gasteiger partial charge in [-0.1, -0.05) is 30.5 Å². The zero-order valence-electron chi connectivity index (χ0n) is 17.3. The maximum atomic E-state index is 5.63. The summed E-state index contributed by atoms with van der Waals surface area (Å²) in [4.78, 5) is 8.93. The Morgan fingerprint density at radius 1 is 1.21 bits per heavy atom. The second-order valence-electron chi connectivity index (χ2n) is 7.74. The summed E-state index contributed by atoms with van der Waals surface area (Å²) in [5, 5.41) is 6.84. The van der Waals surface area contributed by atoms with Crippen LogP contribution < -0.4 is 10.6 Å². The van der Waals surface area contributed by atoms with Gasteiger partial charge in [0.2, 0.25) is 5.89 Å². The third-order valence-electron chi connectivity index (χ3n) is 5.64. The first-order valence-corrected chi connectivity index (χ1v) is 10.1. The Morgan fingerprint density at radius 3 is 2.64 bits per heavy atom. The Labute approximate surface area is 167 Å². The van der Waals surface area contributed by atoms with Crippen molar-refractivity contribution in [2.24, 2.45) is 10.4 Å². The number of guanidine groups is 1. The van der Waals surface area contributed by atoms with Crippen LogP contribution in [0.2, 0.25) is 0 Å². The number of oxazole rings is 1. The first-order valence-electron chi connectivity index (χ1n) is 10.1.